The molecule has 0 bridgehead atoms. The molecule has 23 heavy (non-hydrogen) atoms. The molecule has 0 saturated heterocycles. The number of carboxylic acid groups (broad SMARTS) is 1. The maximum atomic E-state index is 13.8. The van der Waals surface area contributed by atoms with Crippen LogP contribution in [0.4, 0.5) is 9.18 Å². The van der Waals surface area contributed by atoms with Crippen molar-refractivity contribution >= 4 is 18.1 Å². The van der Waals surface area contributed by atoms with Crippen LogP contribution < -0.4 is 5.73 Å². The molecule has 2 aliphatic carbocycles. The highest BCUT2D eigenvalue weighted by atomic mass is 19.1. The summed E-state index contributed by atoms with van der Waals surface area (Å²) in [6.45, 7) is 4.58. The summed E-state index contributed by atoms with van der Waals surface area (Å²) in [5.41, 5.74) is 3.56. The van der Waals surface area contributed by atoms with Crippen LogP contribution in [-0.4, -0.2) is 47.3 Å². The van der Waals surface area contributed by atoms with Gasteiger partial charge in [0.25, 0.3) is 0 Å². The molecule has 3 N–H and O–H groups in total. The van der Waals surface area contributed by atoms with E-state index in [1.54, 1.807) is 13.8 Å². The van der Waals surface area contributed by atoms with Gasteiger partial charge in [0.15, 0.2) is 0 Å². The minimum atomic E-state index is -2.07. The highest BCUT2D eigenvalue weighted by Gasteiger charge is 2.75. The highest BCUT2D eigenvalue weighted by Crippen LogP contribution is 2.62. The number of carbonyl (C=O) groups is 3. The number of hydrogen-bond donors (Lipinski definition) is 2. The molecule has 130 valence electrons. The second-order valence-corrected chi connectivity index (χ2v) is 6.20. The van der Waals surface area contributed by atoms with Gasteiger partial charge in [0, 0.05) is 12.8 Å². The third-order valence-electron chi connectivity index (χ3n) is 4.24. The van der Waals surface area contributed by atoms with Crippen LogP contribution in [0.15, 0.2) is 0 Å². The first-order valence-electron chi connectivity index (χ1n) is 7.33. The number of hydrogen-bond acceptors (Lipinski definition) is 7. The van der Waals surface area contributed by atoms with Crippen LogP contribution in [-0.2, 0) is 23.8 Å². The summed E-state index contributed by atoms with van der Waals surface area (Å²) in [6, 6.07) is 0. The number of nitrogens with two attached hydrogens (primary N) is 1. The Morgan fingerprint density at radius 1 is 1.22 bits per heavy atom. The monoisotopic (exact) mass is 333 g/mol. The minimum Gasteiger partial charge on any atom is -0.480 e. The van der Waals surface area contributed by atoms with Gasteiger partial charge in [-0.2, -0.15) is 0 Å². The number of halogens is 1. The van der Waals surface area contributed by atoms with E-state index in [4.69, 9.17) is 25.1 Å². The van der Waals surface area contributed by atoms with Gasteiger partial charge in [0.05, 0.1) is 12.0 Å². The van der Waals surface area contributed by atoms with E-state index in [1.165, 1.54) is 6.92 Å². The molecule has 0 amide bonds. The molecule has 0 aliphatic heterocycles. The zero-order valence-electron chi connectivity index (χ0n) is 13.0. The van der Waals surface area contributed by atoms with Crippen LogP contribution in [0.5, 0.6) is 0 Å². The molecule has 8 nitrogen and oxygen atoms in total. The Bertz CT molecular complexity index is 525. The summed E-state index contributed by atoms with van der Waals surface area (Å²) in [4.78, 5) is 34.5. The Labute approximate surface area is 132 Å². The smallest absolute Gasteiger partial charge is 0.480 e. The molecule has 6 atom stereocenters. The van der Waals surface area contributed by atoms with Crippen LogP contribution in [0.25, 0.3) is 0 Å². The van der Waals surface area contributed by atoms with Crippen LogP contribution in [0.3, 0.4) is 0 Å². The lowest BCUT2D eigenvalue weighted by atomic mass is 9.90. The maximum absolute atomic E-state index is 13.8. The van der Waals surface area contributed by atoms with Gasteiger partial charge in [0.1, 0.15) is 11.7 Å². The first kappa shape index (κ1) is 17.5. The number of esters is 1. The van der Waals surface area contributed by atoms with Crippen LogP contribution >= 0.6 is 0 Å². The lowest BCUT2D eigenvalue weighted by Crippen LogP contribution is -2.56. The van der Waals surface area contributed by atoms with Crippen LogP contribution in [0.1, 0.15) is 27.2 Å². The van der Waals surface area contributed by atoms with Crippen molar-refractivity contribution in [1.82, 2.24) is 0 Å². The SMILES string of the molecule is CC(C)OC(=O)OC(C)OC(=O)[C@H]1[C@@H]2C[C@H](F)[C@@](N)(C(=O)O)[C@@H]21. The fourth-order valence-electron chi connectivity index (χ4n) is 3.18. The third kappa shape index (κ3) is 3.10. The van der Waals surface area contributed by atoms with Crippen LogP contribution in [0.2, 0.25) is 0 Å². The van der Waals surface area contributed by atoms with Gasteiger partial charge in [-0.1, -0.05) is 0 Å². The van der Waals surface area contributed by atoms with Crippen molar-refractivity contribution in [3.63, 3.8) is 0 Å². The second kappa shape index (κ2) is 5.95. The van der Waals surface area contributed by atoms with E-state index < -0.39 is 53.8 Å². The second-order valence-electron chi connectivity index (χ2n) is 6.20. The topological polar surface area (TPSA) is 125 Å². The van der Waals surface area contributed by atoms with E-state index in [-0.39, 0.29) is 12.5 Å². The molecule has 0 aromatic rings. The van der Waals surface area contributed by atoms with E-state index in [0.29, 0.717) is 0 Å². The predicted octanol–water partition coefficient (Wildman–Crippen LogP) is 0.823. The summed E-state index contributed by atoms with van der Waals surface area (Å²) in [7, 11) is 0. The number of carboxylic acids is 1. The third-order valence-corrected chi connectivity index (χ3v) is 4.24. The van der Waals surface area contributed by atoms with Crippen molar-refractivity contribution in [3.05, 3.63) is 0 Å². The normalized spacial score (nSPS) is 36.1. The molecule has 2 aliphatic rings. The Balaban J connectivity index is 1.89. The van der Waals surface area contributed by atoms with E-state index in [2.05, 4.69) is 0 Å². The number of carbonyl (C=O) groups excluding carboxylic acids is 2. The summed E-state index contributed by atoms with van der Waals surface area (Å²) in [5.74, 6) is -4.30. The number of ether oxygens (including phenoxy) is 3. The number of alkyl halides is 1. The molecule has 0 heterocycles. The first-order chi connectivity index (χ1) is 10.6. The van der Waals surface area contributed by atoms with E-state index in [0.717, 1.165) is 0 Å². The molecule has 2 saturated carbocycles. The predicted molar refractivity (Wildman–Crippen MR) is 72.8 cm³/mol. The molecule has 0 aromatic heterocycles. The van der Waals surface area contributed by atoms with Crippen molar-refractivity contribution in [2.24, 2.45) is 23.5 Å². The zero-order chi connectivity index (χ0) is 17.5. The lowest BCUT2D eigenvalue weighted by Gasteiger charge is -2.25. The van der Waals surface area contributed by atoms with Crippen LogP contribution in [0, 0.1) is 17.8 Å². The lowest BCUT2D eigenvalue weighted by molar-refractivity contribution is -0.171. The fourth-order valence-corrected chi connectivity index (χ4v) is 3.18. The molecule has 0 aromatic carbocycles. The Morgan fingerprint density at radius 2 is 1.83 bits per heavy atom. The summed E-state index contributed by atoms with van der Waals surface area (Å²) in [5, 5.41) is 9.12. The van der Waals surface area contributed by atoms with Crippen molar-refractivity contribution in [3.8, 4) is 0 Å². The average molecular weight is 333 g/mol. The van der Waals surface area contributed by atoms with Gasteiger partial charge in [-0.3, -0.25) is 9.59 Å². The molecule has 0 spiro atoms. The molecular formula is C14H20FNO7. The molecule has 0 radical (unpaired) electrons. The van der Waals surface area contributed by atoms with Crippen molar-refractivity contribution in [1.29, 1.82) is 0 Å². The van der Waals surface area contributed by atoms with Crippen molar-refractivity contribution in [2.75, 3.05) is 0 Å². The molecular weight excluding hydrogens is 313 g/mol. The Hall–Kier alpha value is -1.90. The Morgan fingerprint density at radius 3 is 2.35 bits per heavy atom. The zero-order valence-corrected chi connectivity index (χ0v) is 13.0. The summed E-state index contributed by atoms with van der Waals surface area (Å²) >= 11 is 0. The standard InChI is InChI=1S/C14H20FNO7/c1-5(2)21-13(20)23-6(3)22-11(17)9-7-4-8(15)14(16,10(7)9)12(18)19/h5-10H,4,16H2,1-3H3,(H,18,19)/t6?,7-,8-,9-,10-,14-/m0/s1. The molecule has 9 heteroatoms. The van der Waals surface area contributed by atoms with Gasteiger partial charge in [-0.15, -0.1) is 0 Å². The summed E-state index contributed by atoms with van der Waals surface area (Å²) in [6.07, 6.45) is -4.37. The van der Waals surface area contributed by atoms with Gasteiger partial charge in [0.2, 0.25) is 6.29 Å². The Kier molecular flexibility index (Phi) is 4.52. The first-order valence-corrected chi connectivity index (χ1v) is 7.33. The van der Waals surface area contributed by atoms with Gasteiger partial charge in [-0.05, 0) is 26.2 Å². The molecule has 2 rings (SSSR count). The van der Waals surface area contributed by atoms with Crippen molar-refractivity contribution in [2.45, 2.75) is 51.3 Å². The summed E-state index contributed by atoms with van der Waals surface area (Å²) < 4.78 is 28.1. The van der Waals surface area contributed by atoms with Crippen molar-refractivity contribution < 1.29 is 38.1 Å². The largest absolute Gasteiger partial charge is 0.511 e. The molecule has 2 fully saturated rings. The fraction of sp³-hybridized carbons (Fsp3) is 0.786. The number of aliphatic carboxylic acids is 1. The van der Waals surface area contributed by atoms with Gasteiger partial charge < -0.3 is 25.1 Å². The van der Waals surface area contributed by atoms with E-state index in [1.807, 2.05) is 0 Å². The number of rotatable bonds is 5. The van der Waals surface area contributed by atoms with E-state index in [9.17, 15) is 18.8 Å². The quantitative estimate of drug-likeness (QED) is 0.559. The van der Waals surface area contributed by atoms with Gasteiger partial charge >= 0.3 is 18.1 Å². The highest BCUT2D eigenvalue weighted by molar-refractivity contribution is 5.86. The number of fused-ring (bicyclic) bond motifs is 1. The van der Waals surface area contributed by atoms with E-state index >= 15 is 0 Å². The van der Waals surface area contributed by atoms with Gasteiger partial charge in [-0.25, -0.2) is 9.18 Å². The maximum Gasteiger partial charge on any atom is 0.511 e. The average Bonchev–Trinajstić information content (AvgIpc) is 3.03. The molecule has 1 unspecified atom stereocenters. The minimum absolute atomic E-state index is 0.0993.